The second-order valence-electron chi connectivity index (χ2n) is 5.73. The van der Waals surface area contributed by atoms with E-state index >= 15 is 0 Å². The van der Waals surface area contributed by atoms with E-state index in [2.05, 4.69) is 20.3 Å². The molecule has 0 radical (unpaired) electrons. The molecule has 4 rings (SSSR count). The Kier molecular flexibility index (Phi) is 3.61. The minimum absolute atomic E-state index is 0.103. The number of rotatable bonds is 3. The summed E-state index contributed by atoms with van der Waals surface area (Å²) < 4.78 is 14.4. The predicted octanol–water partition coefficient (Wildman–Crippen LogP) is 1.34. The molecule has 0 aliphatic rings. The first kappa shape index (κ1) is 15.8. The van der Waals surface area contributed by atoms with Gasteiger partial charge in [0.2, 0.25) is 5.91 Å². The number of aromatic amines is 2. The van der Waals surface area contributed by atoms with Crippen LogP contribution in [-0.4, -0.2) is 25.4 Å². The number of nitrogens with zero attached hydrogens (tertiary/aromatic N) is 2. The third-order valence-electron chi connectivity index (χ3n) is 3.90. The van der Waals surface area contributed by atoms with Gasteiger partial charge >= 0.3 is 5.69 Å². The lowest BCUT2D eigenvalue weighted by atomic mass is 10.2. The topological polar surface area (TPSA) is 113 Å². The van der Waals surface area contributed by atoms with E-state index in [-0.39, 0.29) is 17.6 Å². The maximum atomic E-state index is 13.3. The van der Waals surface area contributed by atoms with Crippen LogP contribution in [-0.2, 0) is 11.3 Å². The van der Waals surface area contributed by atoms with Crippen LogP contribution in [0.5, 0.6) is 0 Å². The molecule has 0 aliphatic heterocycles. The van der Waals surface area contributed by atoms with Crippen molar-refractivity contribution in [1.29, 1.82) is 0 Å². The number of nitrogens with one attached hydrogen (secondary N) is 3. The van der Waals surface area contributed by atoms with Crippen LogP contribution in [0.25, 0.3) is 21.9 Å². The van der Waals surface area contributed by atoms with Gasteiger partial charge < -0.3 is 15.3 Å². The fourth-order valence-corrected chi connectivity index (χ4v) is 2.71. The Labute approximate surface area is 144 Å². The number of aromatic nitrogens is 4. The first-order chi connectivity index (χ1) is 12.5. The standard InChI is InChI=1S/C17H12FN5O3/c18-9-1-3-12-11(5-9)16(25)23(8-19-12)7-15(24)20-10-2-4-13-14(6-10)22-17(26)21-13/h1-6,8H,7H2,(H,20,24)(H2,21,22,26). The number of anilines is 1. The van der Waals surface area contributed by atoms with Crippen molar-refractivity contribution in [2.45, 2.75) is 6.54 Å². The lowest BCUT2D eigenvalue weighted by Crippen LogP contribution is -2.28. The lowest BCUT2D eigenvalue weighted by molar-refractivity contribution is -0.116. The van der Waals surface area contributed by atoms with Crippen molar-refractivity contribution in [2.75, 3.05) is 5.32 Å². The van der Waals surface area contributed by atoms with E-state index in [1.165, 1.54) is 18.5 Å². The molecule has 0 aliphatic carbocycles. The highest BCUT2D eigenvalue weighted by Crippen LogP contribution is 2.14. The molecule has 0 bridgehead atoms. The maximum Gasteiger partial charge on any atom is 0.323 e. The highest BCUT2D eigenvalue weighted by molar-refractivity contribution is 5.93. The van der Waals surface area contributed by atoms with Crippen LogP contribution in [0, 0.1) is 5.82 Å². The predicted molar refractivity (Wildman–Crippen MR) is 93.5 cm³/mol. The average Bonchev–Trinajstić information content (AvgIpc) is 2.97. The summed E-state index contributed by atoms with van der Waals surface area (Å²) in [6.07, 6.45) is 1.25. The fraction of sp³-hybridized carbons (Fsp3) is 0.0588. The molecule has 1 amide bonds. The molecule has 0 unspecified atom stereocenters. The molecule has 0 fully saturated rings. The minimum atomic E-state index is -0.549. The molecule has 2 aromatic heterocycles. The molecule has 2 aromatic carbocycles. The molecule has 0 spiro atoms. The Morgan fingerprint density at radius 1 is 1.12 bits per heavy atom. The summed E-state index contributed by atoms with van der Waals surface area (Å²) >= 11 is 0. The van der Waals surface area contributed by atoms with Crippen LogP contribution in [0.1, 0.15) is 0 Å². The van der Waals surface area contributed by atoms with Crippen LogP contribution in [0.4, 0.5) is 10.1 Å². The smallest absolute Gasteiger partial charge is 0.323 e. The summed E-state index contributed by atoms with van der Waals surface area (Å²) in [5, 5.41) is 2.75. The highest BCUT2D eigenvalue weighted by atomic mass is 19.1. The second kappa shape index (κ2) is 5.96. The number of benzene rings is 2. The number of carbonyl (C=O) groups is 1. The monoisotopic (exact) mass is 353 g/mol. The zero-order valence-electron chi connectivity index (χ0n) is 13.2. The molecule has 3 N–H and O–H groups in total. The van der Waals surface area contributed by atoms with Gasteiger partial charge in [0.25, 0.3) is 5.56 Å². The van der Waals surface area contributed by atoms with Gasteiger partial charge in [0.05, 0.1) is 28.3 Å². The summed E-state index contributed by atoms with van der Waals surface area (Å²) in [6, 6.07) is 8.59. The fourth-order valence-electron chi connectivity index (χ4n) is 2.71. The first-order valence-electron chi connectivity index (χ1n) is 7.66. The number of amides is 1. The van der Waals surface area contributed by atoms with Crippen LogP contribution < -0.4 is 16.6 Å². The molecule has 0 atom stereocenters. The van der Waals surface area contributed by atoms with E-state index in [1.807, 2.05) is 0 Å². The van der Waals surface area contributed by atoms with Crippen molar-refractivity contribution in [2.24, 2.45) is 0 Å². The van der Waals surface area contributed by atoms with Crippen LogP contribution >= 0.6 is 0 Å². The van der Waals surface area contributed by atoms with E-state index in [0.717, 1.165) is 10.6 Å². The minimum Gasteiger partial charge on any atom is -0.324 e. The van der Waals surface area contributed by atoms with Gasteiger partial charge in [0.1, 0.15) is 12.4 Å². The number of imidazole rings is 1. The number of fused-ring (bicyclic) bond motifs is 2. The quantitative estimate of drug-likeness (QED) is 0.516. The summed E-state index contributed by atoms with van der Waals surface area (Å²) in [5.41, 5.74) is 1.14. The van der Waals surface area contributed by atoms with Crippen molar-refractivity contribution >= 4 is 33.5 Å². The third-order valence-corrected chi connectivity index (χ3v) is 3.90. The van der Waals surface area contributed by atoms with E-state index < -0.39 is 17.3 Å². The number of carbonyl (C=O) groups excluding carboxylic acids is 1. The van der Waals surface area contributed by atoms with Gasteiger partial charge in [-0.2, -0.15) is 0 Å². The zero-order chi connectivity index (χ0) is 18.3. The Hall–Kier alpha value is -3.75. The maximum absolute atomic E-state index is 13.3. The molecule has 4 aromatic rings. The first-order valence-corrected chi connectivity index (χ1v) is 7.66. The Morgan fingerprint density at radius 3 is 2.77 bits per heavy atom. The van der Waals surface area contributed by atoms with Crippen LogP contribution in [0.15, 0.2) is 52.3 Å². The Balaban J connectivity index is 1.59. The van der Waals surface area contributed by atoms with Crippen molar-refractivity contribution in [3.63, 3.8) is 0 Å². The van der Waals surface area contributed by atoms with Crippen molar-refractivity contribution in [3.8, 4) is 0 Å². The Bertz CT molecular complexity index is 1270. The summed E-state index contributed by atoms with van der Waals surface area (Å²) in [4.78, 5) is 45.1. The molecular formula is C17H12FN5O3. The van der Waals surface area contributed by atoms with Crippen molar-refractivity contribution in [1.82, 2.24) is 19.5 Å². The molecule has 0 saturated carbocycles. The normalized spacial score (nSPS) is 11.1. The molecule has 130 valence electrons. The van der Waals surface area contributed by atoms with Gasteiger partial charge in [-0.05, 0) is 36.4 Å². The van der Waals surface area contributed by atoms with Gasteiger partial charge in [0, 0.05) is 5.69 Å². The average molecular weight is 353 g/mol. The molecule has 9 heteroatoms. The number of hydrogen-bond donors (Lipinski definition) is 3. The van der Waals surface area contributed by atoms with Crippen LogP contribution in [0.3, 0.4) is 0 Å². The van der Waals surface area contributed by atoms with E-state index in [4.69, 9.17) is 0 Å². The molecule has 2 heterocycles. The Morgan fingerprint density at radius 2 is 1.92 bits per heavy atom. The molecule has 26 heavy (non-hydrogen) atoms. The van der Waals surface area contributed by atoms with E-state index in [9.17, 15) is 18.8 Å². The van der Waals surface area contributed by atoms with Gasteiger partial charge in [-0.3, -0.25) is 14.2 Å². The van der Waals surface area contributed by atoms with Crippen molar-refractivity contribution < 1.29 is 9.18 Å². The summed E-state index contributed by atoms with van der Waals surface area (Å²) in [7, 11) is 0. The molecular weight excluding hydrogens is 341 g/mol. The summed E-state index contributed by atoms with van der Waals surface area (Å²) in [5.74, 6) is -1.01. The SMILES string of the molecule is O=C(Cn1cnc2ccc(F)cc2c1=O)Nc1ccc2[nH]c(=O)[nH]c2c1. The highest BCUT2D eigenvalue weighted by Gasteiger charge is 2.10. The largest absolute Gasteiger partial charge is 0.324 e. The van der Waals surface area contributed by atoms with Crippen LogP contribution in [0.2, 0.25) is 0 Å². The lowest BCUT2D eigenvalue weighted by Gasteiger charge is -2.08. The van der Waals surface area contributed by atoms with Gasteiger partial charge in [0.15, 0.2) is 0 Å². The molecule has 0 saturated heterocycles. The summed E-state index contributed by atoms with van der Waals surface area (Å²) in [6.45, 7) is -0.278. The van der Waals surface area contributed by atoms with Crippen molar-refractivity contribution in [3.05, 3.63) is 69.4 Å². The number of halogens is 1. The second-order valence-corrected chi connectivity index (χ2v) is 5.73. The van der Waals surface area contributed by atoms with Gasteiger partial charge in [-0.25, -0.2) is 14.2 Å². The zero-order valence-corrected chi connectivity index (χ0v) is 13.2. The van der Waals surface area contributed by atoms with E-state index in [0.29, 0.717) is 22.2 Å². The third kappa shape index (κ3) is 2.86. The van der Waals surface area contributed by atoms with Gasteiger partial charge in [-0.1, -0.05) is 0 Å². The number of H-pyrrole nitrogens is 2. The number of hydrogen-bond acceptors (Lipinski definition) is 4. The van der Waals surface area contributed by atoms with Gasteiger partial charge in [-0.15, -0.1) is 0 Å². The molecule has 8 nitrogen and oxygen atoms in total. The van der Waals surface area contributed by atoms with E-state index in [1.54, 1.807) is 18.2 Å².